The maximum Gasteiger partial charge on any atom is 0.282 e. The Kier molecular flexibility index (Phi) is 4.85. The first kappa shape index (κ1) is 13.5. The minimum absolute atomic E-state index is 0.169. The van der Waals surface area contributed by atoms with Crippen LogP contribution in [0, 0.1) is 0 Å². The third kappa shape index (κ3) is 4.03. The van der Waals surface area contributed by atoms with E-state index in [-0.39, 0.29) is 5.91 Å². The number of benzene rings is 1. The lowest BCUT2D eigenvalue weighted by molar-refractivity contribution is 0.0953. The average Bonchev–Trinajstić information content (AvgIpc) is 2.89. The van der Waals surface area contributed by atoms with E-state index in [1.54, 1.807) is 0 Å². The molecule has 0 spiro atoms. The van der Waals surface area contributed by atoms with Gasteiger partial charge in [0.2, 0.25) is 10.1 Å². The molecule has 6 heteroatoms. The molecule has 1 aromatic carbocycles. The highest BCUT2D eigenvalue weighted by atomic mass is 32.1. The maximum atomic E-state index is 11.8. The summed E-state index contributed by atoms with van der Waals surface area (Å²) in [6.07, 6.45) is 0.811. The van der Waals surface area contributed by atoms with Crippen LogP contribution in [0.1, 0.15) is 22.3 Å². The van der Waals surface area contributed by atoms with Gasteiger partial charge in [0.25, 0.3) is 5.91 Å². The summed E-state index contributed by atoms with van der Waals surface area (Å²) in [7, 11) is 0. The fourth-order valence-electron chi connectivity index (χ4n) is 1.58. The molecule has 5 nitrogen and oxygen atoms in total. The fourth-order valence-corrected chi connectivity index (χ4v) is 2.31. The van der Waals surface area contributed by atoms with Crippen molar-refractivity contribution in [3.63, 3.8) is 0 Å². The number of rotatable bonds is 6. The van der Waals surface area contributed by atoms with E-state index in [9.17, 15) is 4.79 Å². The normalized spacial score (nSPS) is 10.2. The number of hydrogen-bond donors (Lipinski definition) is 2. The second-order valence-electron chi connectivity index (χ2n) is 3.93. The van der Waals surface area contributed by atoms with Crippen LogP contribution < -0.4 is 10.6 Å². The molecule has 100 valence electrons. The van der Waals surface area contributed by atoms with Crippen LogP contribution in [0.2, 0.25) is 0 Å². The molecule has 1 heterocycles. The summed E-state index contributed by atoms with van der Waals surface area (Å²) in [5, 5.41) is 14.7. The summed E-state index contributed by atoms with van der Waals surface area (Å²) in [6, 6.07) is 10.0. The molecule has 0 aliphatic carbocycles. The van der Waals surface area contributed by atoms with Gasteiger partial charge in [-0.15, -0.1) is 10.2 Å². The van der Waals surface area contributed by atoms with Gasteiger partial charge in [0.15, 0.2) is 0 Å². The van der Waals surface area contributed by atoms with Gasteiger partial charge in [0.1, 0.15) is 0 Å². The van der Waals surface area contributed by atoms with Gasteiger partial charge >= 0.3 is 0 Å². The number of amides is 1. The van der Waals surface area contributed by atoms with Gasteiger partial charge < -0.3 is 10.6 Å². The first-order valence-electron chi connectivity index (χ1n) is 6.19. The molecule has 1 aromatic heterocycles. The first-order chi connectivity index (χ1) is 9.29. The lowest BCUT2D eigenvalue weighted by atomic mass is 10.1. The third-order valence-electron chi connectivity index (χ3n) is 2.49. The van der Waals surface area contributed by atoms with Crippen molar-refractivity contribution in [3.8, 4) is 0 Å². The van der Waals surface area contributed by atoms with Crippen LogP contribution in [-0.2, 0) is 6.42 Å². The molecule has 0 saturated heterocycles. The molecule has 0 fully saturated rings. The molecule has 0 aliphatic heterocycles. The SMILES string of the molecule is CCNc1nnc(C(=O)NCCc2ccccc2)s1. The molecular formula is C13H16N4OS. The lowest BCUT2D eigenvalue weighted by Gasteiger charge is -2.02. The van der Waals surface area contributed by atoms with E-state index in [0.29, 0.717) is 16.7 Å². The largest absolute Gasteiger partial charge is 0.360 e. The zero-order valence-corrected chi connectivity index (χ0v) is 11.5. The number of hydrogen-bond acceptors (Lipinski definition) is 5. The molecule has 2 N–H and O–H groups in total. The van der Waals surface area contributed by atoms with E-state index in [1.807, 2.05) is 37.3 Å². The predicted octanol–water partition coefficient (Wildman–Crippen LogP) is 1.94. The second-order valence-corrected chi connectivity index (χ2v) is 4.91. The Balaban J connectivity index is 1.80. The minimum atomic E-state index is -0.169. The Bertz CT molecular complexity index is 526. The van der Waals surface area contributed by atoms with Crippen molar-refractivity contribution in [3.05, 3.63) is 40.9 Å². The number of nitrogens with one attached hydrogen (secondary N) is 2. The molecule has 19 heavy (non-hydrogen) atoms. The quantitative estimate of drug-likeness (QED) is 0.846. The van der Waals surface area contributed by atoms with Gasteiger partial charge in [-0.25, -0.2) is 0 Å². The van der Waals surface area contributed by atoms with Gasteiger partial charge in [-0.05, 0) is 18.9 Å². The van der Waals surface area contributed by atoms with E-state index in [4.69, 9.17) is 0 Å². The van der Waals surface area contributed by atoms with Crippen molar-refractivity contribution >= 4 is 22.4 Å². The molecule has 0 aliphatic rings. The van der Waals surface area contributed by atoms with Crippen LogP contribution in [0.25, 0.3) is 0 Å². The third-order valence-corrected chi connectivity index (χ3v) is 3.37. The van der Waals surface area contributed by atoms with Crippen molar-refractivity contribution in [2.24, 2.45) is 0 Å². The van der Waals surface area contributed by atoms with E-state index >= 15 is 0 Å². The summed E-state index contributed by atoms with van der Waals surface area (Å²) in [6.45, 7) is 3.34. The average molecular weight is 276 g/mol. The molecule has 0 bridgehead atoms. The highest BCUT2D eigenvalue weighted by Crippen LogP contribution is 2.14. The van der Waals surface area contributed by atoms with Gasteiger partial charge in [-0.2, -0.15) is 0 Å². The standard InChI is InChI=1S/C13H16N4OS/c1-2-14-13-17-16-12(19-13)11(18)15-9-8-10-6-4-3-5-7-10/h3-7H,2,8-9H2,1H3,(H,14,17)(H,15,18). The predicted molar refractivity (Wildman–Crippen MR) is 76.6 cm³/mol. The lowest BCUT2D eigenvalue weighted by Crippen LogP contribution is -2.25. The van der Waals surface area contributed by atoms with E-state index in [2.05, 4.69) is 20.8 Å². The van der Waals surface area contributed by atoms with Crippen LogP contribution in [-0.4, -0.2) is 29.2 Å². The van der Waals surface area contributed by atoms with Gasteiger partial charge in [0.05, 0.1) is 0 Å². The van der Waals surface area contributed by atoms with E-state index in [1.165, 1.54) is 16.9 Å². The zero-order valence-electron chi connectivity index (χ0n) is 10.7. The number of aromatic nitrogens is 2. The maximum absolute atomic E-state index is 11.8. The van der Waals surface area contributed by atoms with Gasteiger partial charge in [0, 0.05) is 13.1 Å². The summed E-state index contributed by atoms with van der Waals surface area (Å²) >= 11 is 1.27. The molecular weight excluding hydrogens is 260 g/mol. The van der Waals surface area contributed by atoms with Crippen molar-refractivity contribution < 1.29 is 4.79 Å². The number of nitrogens with zero attached hydrogens (tertiary/aromatic N) is 2. The van der Waals surface area contributed by atoms with E-state index < -0.39 is 0 Å². The molecule has 0 atom stereocenters. The van der Waals surface area contributed by atoms with Crippen LogP contribution in [0.4, 0.5) is 5.13 Å². The summed E-state index contributed by atoms with van der Waals surface area (Å²) in [5.74, 6) is -0.169. The Morgan fingerprint density at radius 2 is 2.05 bits per heavy atom. The summed E-state index contributed by atoms with van der Waals surface area (Å²) in [5.41, 5.74) is 1.20. The van der Waals surface area contributed by atoms with Crippen LogP contribution >= 0.6 is 11.3 Å². The smallest absolute Gasteiger partial charge is 0.282 e. The number of anilines is 1. The van der Waals surface area contributed by atoms with Crippen LogP contribution in [0.15, 0.2) is 30.3 Å². The molecule has 2 rings (SSSR count). The highest BCUT2D eigenvalue weighted by Gasteiger charge is 2.11. The van der Waals surface area contributed by atoms with Crippen molar-refractivity contribution in [2.75, 3.05) is 18.4 Å². The Morgan fingerprint density at radius 3 is 2.79 bits per heavy atom. The minimum Gasteiger partial charge on any atom is -0.360 e. The van der Waals surface area contributed by atoms with Crippen molar-refractivity contribution in [1.82, 2.24) is 15.5 Å². The molecule has 0 radical (unpaired) electrons. The van der Waals surface area contributed by atoms with Crippen molar-refractivity contribution in [1.29, 1.82) is 0 Å². The highest BCUT2D eigenvalue weighted by molar-refractivity contribution is 7.17. The zero-order chi connectivity index (χ0) is 13.5. The van der Waals surface area contributed by atoms with Crippen LogP contribution in [0.5, 0.6) is 0 Å². The second kappa shape index (κ2) is 6.84. The first-order valence-corrected chi connectivity index (χ1v) is 7.00. The Hall–Kier alpha value is -1.95. The van der Waals surface area contributed by atoms with Gasteiger partial charge in [-0.3, -0.25) is 4.79 Å². The van der Waals surface area contributed by atoms with Gasteiger partial charge in [-0.1, -0.05) is 41.7 Å². The summed E-state index contributed by atoms with van der Waals surface area (Å²) < 4.78 is 0. The number of carbonyl (C=O) groups is 1. The molecule has 2 aromatic rings. The Labute approximate surface area is 116 Å². The van der Waals surface area contributed by atoms with E-state index in [0.717, 1.165) is 13.0 Å². The van der Waals surface area contributed by atoms with Crippen LogP contribution in [0.3, 0.4) is 0 Å². The molecule has 0 unspecified atom stereocenters. The Morgan fingerprint density at radius 1 is 1.26 bits per heavy atom. The topological polar surface area (TPSA) is 66.9 Å². The van der Waals surface area contributed by atoms with Crippen molar-refractivity contribution in [2.45, 2.75) is 13.3 Å². The molecule has 0 saturated carbocycles. The molecule has 1 amide bonds. The number of carbonyl (C=O) groups excluding carboxylic acids is 1. The fraction of sp³-hybridized carbons (Fsp3) is 0.308. The summed E-state index contributed by atoms with van der Waals surface area (Å²) in [4.78, 5) is 11.8. The monoisotopic (exact) mass is 276 g/mol.